The molecule has 3 rings (SSSR count). The zero-order valence-electron chi connectivity index (χ0n) is 27.4. The van der Waals surface area contributed by atoms with Crippen LogP contribution in [0.3, 0.4) is 0 Å². The molecule has 1 aliphatic heterocycles. The van der Waals surface area contributed by atoms with Crippen molar-refractivity contribution in [1.82, 2.24) is 4.57 Å². The van der Waals surface area contributed by atoms with Crippen LogP contribution in [0.4, 0.5) is 0 Å². The van der Waals surface area contributed by atoms with Crippen molar-refractivity contribution in [2.24, 2.45) is 29.6 Å². The number of esters is 2. The molecule has 0 saturated carbocycles. The molecule has 42 heavy (non-hydrogen) atoms. The molecule has 0 aromatic heterocycles. The van der Waals surface area contributed by atoms with Crippen molar-refractivity contribution < 1.29 is 29.0 Å². The first kappa shape index (κ1) is 34.6. The van der Waals surface area contributed by atoms with Gasteiger partial charge in [-0.3, -0.25) is 14.4 Å². The fourth-order valence-electron chi connectivity index (χ4n) is 7.48. The Bertz CT molecular complexity index is 1000. The second-order valence-electron chi connectivity index (χ2n) is 14.6. The Hall–Kier alpha value is -1.93. The molecular formula is C34H57NO6Si. The number of hydrogen-bond donors (Lipinski definition) is 1. The van der Waals surface area contributed by atoms with Gasteiger partial charge in [-0.05, 0) is 76.2 Å². The Morgan fingerprint density at radius 3 is 2.50 bits per heavy atom. The number of unbranched alkanes of at least 4 members (excludes halogenated alkanes) is 2. The van der Waals surface area contributed by atoms with Gasteiger partial charge < -0.3 is 19.1 Å². The highest BCUT2D eigenvalue weighted by Crippen LogP contribution is 2.45. The van der Waals surface area contributed by atoms with Gasteiger partial charge in [0.2, 0.25) is 5.91 Å². The third kappa shape index (κ3) is 9.53. The van der Waals surface area contributed by atoms with Crippen LogP contribution in [0.5, 0.6) is 0 Å². The molecule has 0 unspecified atom stereocenters. The predicted octanol–water partition coefficient (Wildman–Crippen LogP) is 6.35. The van der Waals surface area contributed by atoms with E-state index in [0.29, 0.717) is 31.1 Å². The molecule has 8 heteroatoms. The lowest BCUT2D eigenvalue weighted by Crippen LogP contribution is -2.51. The van der Waals surface area contributed by atoms with E-state index in [0.717, 1.165) is 38.5 Å². The van der Waals surface area contributed by atoms with E-state index in [1.54, 1.807) is 0 Å². The molecule has 0 bridgehead atoms. The standard InChI is InChI=1S/C34H57NO6Si/c1-22-18-25-15-14-23(2)28(17-16-27-20-26(36)21-31(38)40-27)32(25)29(19-22)41-33(39)24(3)12-10-9-11-13-30(37)35(42(7)8)34(4,5)6/h14-15,18,22-24,26-29,32,36,42H,9-13,16-17,19-21H2,1-8H3/t22-,23-,24-,26+,27-,28-,29-,32-/m0/s1. The Morgan fingerprint density at radius 1 is 1.14 bits per heavy atom. The minimum Gasteiger partial charge on any atom is -0.462 e. The largest absolute Gasteiger partial charge is 0.462 e. The van der Waals surface area contributed by atoms with Gasteiger partial charge in [0.25, 0.3) is 0 Å². The van der Waals surface area contributed by atoms with Crippen LogP contribution in [0.2, 0.25) is 13.1 Å². The van der Waals surface area contributed by atoms with Gasteiger partial charge >= 0.3 is 11.9 Å². The van der Waals surface area contributed by atoms with E-state index in [1.165, 1.54) is 5.57 Å². The molecule has 1 heterocycles. The summed E-state index contributed by atoms with van der Waals surface area (Å²) in [6, 6.07) is 0. The first-order valence-corrected chi connectivity index (χ1v) is 19.3. The van der Waals surface area contributed by atoms with Crippen molar-refractivity contribution >= 4 is 26.8 Å². The summed E-state index contributed by atoms with van der Waals surface area (Å²) >= 11 is 0. The van der Waals surface area contributed by atoms with Crippen LogP contribution in [0.1, 0.15) is 106 Å². The molecule has 1 saturated heterocycles. The highest BCUT2D eigenvalue weighted by atomic mass is 28.3. The van der Waals surface area contributed by atoms with E-state index in [1.807, 2.05) is 6.92 Å². The third-order valence-corrected chi connectivity index (χ3v) is 11.5. The lowest BCUT2D eigenvalue weighted by Gasteiger charge is -2.43. The van der Waals surface area contributed by atoms with E-state index in [4.69, 9.17) is 9.47 Å². The Morgan fingerprint density at radius 2 is 1.86 bits per heavy atom. The van der Waals surface area contributed by atoms with Crippen LogP contribution >= 0.6 is 0 Å². The van der Waals surface area contributed by atoms with Crippen LogP contribution in [0.15, 0.2) is 23.8 Å². The van der Waals surface area contributed by atoms with Crippen molar-refractivity contribution in [1.29, 1.82) is 0 Å². The van der Waals surface area contributed by atoms with Crippen LogP contribution < -0.4 is 0 Å². The van der Waals surface area contributed by atoms with Gasteiger partial charge in [0.1, 0.15) is 21.2 Å². The zero-order chi connectivity index (χ0) is 31.2. The Labute approximate surface area is 256 Å². The third-order valence-electron chi connectivity index (χ3n) is 9.36. The predicted molar refractivity (Wildman–Crippen MR) is 169 cm³/mol. The molecule has 0 aromatic carbocycles. The summed E-state index contributed by atoms with van der Waals surface area (Å²) in [5.41, 5.74) is 1.12. The van der Waals surface area contributed by atoms with E-state index >= 15 is 0 Å². The first-order valence-electron chi connectivity index (χ1n) is 16.5. The number of rotatable bonds is 12. The molecular weight excluding hydrogens is 546 g/mol. The number of hydrogen-bond acceptors (Lipinski definition) is 6. The van der Waals surface area contributed by atoms with Crippen LogP contribution in [0.25, 0.3) is 0 Å². The average Bonchev–Trinajstić information content (AvgIpc) is 2.86. The second-order valence-corrected chi connectivity index (χ2v) is 17.3. The number of carbonyl (C=O) groups is 3. The number of cyclic esters (lactones) is 1. The number of fused-ring (bicyclic) bond motifs is 1. The fraction of sp³-hybridized carbons (Fsp3) is 0.794. The zero-order valence-corrected chi connectivity index (χ0v) is 28.6. The van der Waals surface area contributed by atoms with Gasteiger partial charge in [-0.25, -0.2) is 0 Å². The number of aliphatic hydroxyl groups excluding tert-OH is 1. The summed E-state index contributed by atoms with van der Waals surface area (Å²) in [4.78, 5) is 38.0. The molecule has 3 aliphatic rings. The topological polar surface area (TPSA) is 93.1 Å². The van der Waals surface area contributed by atoms with Gasteiger partial charge in [-0.2, -0.15) is 0 Å². The number of allylic oxidation sites excluding steroid dienone is 3. The molecule has 238 valence electrons. The molecule has 1 amide bonds. The summed E-state index contributed by atoms with van der Waals surface area (Å²) in [6.07, 6.45) is 12.7. The van der Waals surface area contributed by atoms with Gasteiger partial charge in [0, 0.05) is 24.3 Å². The van der Waals surface area contributed by atoms with Crippen molar-refractivity contribution in [2.45, 2.75) is 143 Å². The van der Waals surface area contributed by atoms with Crippen molar-refractivity contribution in [3.05, 3.63) is 23.8 Å². The monoisotopic (exact) mass is 603 g/mol. The molecule has 1 N–H and O–H groups in total. The summed E-state index contributed by atoms with van der Waals surface area (Å²) in [6.45, 7) is 17.1. The van der Waals surface area contributed by atoms with Crippen LogP contribution in [0, 0.1) is 29.6 Å². The van der Waals surface area contributed by atoms with Crippen LogP contribution in [-0.2, 0) is 23.9 Å². The summed E-state index contributed by atoms with van der Waals surface area (Å²) < 4.78 is 13.9. The second kappa shape index (κ2) is 15.2. The van der Waals surface area contributed by atoms with E-state index in [-0.39, 0.29) is 59.8 Å². The Kier molecular flexibility index (Phi) is 12.5. The van der Waals surface area contributed by atoms with Crippen molar-refractivity contribution in [2.75, 3.05) is 0 Å². The van der Waals surface area contributed by atoms with Gasteiger partial charge in [-0.15, -0.1) is 0 Å². The highest BCUT2D eigenvalue weighted by Gasteiger charge is 2.42. The minimum absolute atomic E-state index is 0.0795. The highest BCUT2D eigenvalue weighted by molar-refractivity contribution is 6.55. The molecule has 7 nitrogen and oxygen atoms in total. The Balaban J connectivity index is 1.53. The van der Waals surface area contributed by atoms with Crippen molar-refractivity contribution in [3.8, 4) is 0 Å². The average molecular weight is 604 g/mol. The smallest absolute Gasteiger partial charge is 0.308 e. The number of ether oxygens (including phenoxy) is 2. The summed E-state index contributed by atoms with van der Waals surface area (Å²) in [7, 11) is -1.23. The maximum Gasteiger partial charge on any atom is 0.308 e. The van der Waals surface area contributed by atoms with E-state index in [9.17, 15) is 19.5 Å². The SMILES string of the molecule is C[C@H]1C=C2C=C[C@H](C)[C@H](CC[C@H]3C[C@@H](O)CC(=O)O3)[C@H]2[C@@H](OC(=O)[C@@H](C)CCCCCC(=O)N([SiH](C)C)C(C)(C)C)C1. The van der Waals surface area contributed by atoms with Gasteiger partial charge in [0.05, 0.1) is 18.4 Å². The molecule has 0 radical (unpaired) electrons. The fourth-order valence-corrected chi connectivity index (χ4v) is 9.74. The molecule has 2 aliphatic carbocycles. The number of nitrogens with zero attached hydrogens (tertiary/aromatic N) is 1. The molecule has 1 fully saturated rings. The van der Waals surface area contributed by atoms with Crippen LogP contribution in [-0.4, -0.2) is 60.3 Å². The molecule has 0 spiro atoms. The molecule has 0 aromatic rings. The number of aliphatic hydroxyl groups is 1. The number of amides is 1. The lowest BCUT2D eigenvalue weighted by atomic mass is 9.65. The first-order chi connectivity index (χ1) is 19.7. The van der Waals surface area contributed by atoms with E-state index in [2.05, 4.69) is 70.5 Å². The quantitative estimate of drug-likeness (QED) is 0.159. The summed E-state index contributed by atoms with van der Waals surface area (Å²) in [5.74, 6) is 0.683. The lowest BCUT2D eigenvalue weighted by molar-refractivity contribution is -0.162. The van der Waals surface area contributed by atoms with E-state index < -0.39 is 15.1 Å². The summed E-state index contributed by atoms with van der Waals surface area (Å²) in [5, 5.41) is 10.0. The van der Waals surface area contributed by atoms with Gasteiger partial charge in [0.15, 0.2) is 0 Å². The normalized spacial score (nSPS) is 30.3. The number of carbonyl (C=O) groups excluding carboxylic acids is 3. The maximum absolute atomic E-state index is 13.3. The van der Waals surface area contributed by atoms with Crippen molar-refractivity contribution in [3.63, 3.8) is 0 Å². The maximum atomic E-state index is 13.3. The molecule has 8 atom stereocenters. The van der Waals surface area contributed by atoms with Gasteiger partial charge in [-0.1, -0.05) is 64.9 Å². The minimum atomic E-state index is -1.23.